The first-order chi connectivity index (χ1) is 6.09. The van der Waals surface area contributed by atoms with E-state index in [4.69, 9.17) is 16.7 Å². The maximum absolute atomic E-state index is 10.6. The van der Waals surface area contributed by atoms with Gasteiger partial charge in [0.15, 0.2) is 0 Å². The summed E-state index contributed by atoms with van der Waals surface area (Å²) in [5.74, 6) is -0.741. The fourth-order valence-corrected chi connectivity index (χ4v) is 2.58. The maximum atomic E-state index is 10.6. The standard InChI is InChI=1S/C9H9ClO2Se/c1-6(9(11)12)13-8-4-2-7(10)3-5-8/h2-6H,1H3,(H,11,12). The third kappa shape index (κ3) is 3.39. The molecule has 1 atom stereocenters. The van der Waals surface area contributed by atoms with Crippen molar-refractivity contribution < 1.29 is 9.90 Å². The summed E-state index contributed by atoms with van der Waals surface area (Å²) in [7, 11) is 0. The van der Waals surface area contributed by atoms with E-state index in [0.29, 0.717) is 5.02 Å². The molecule has 2 nitrogen and oxygen atoms in total. The van der Waals surface area contributed by atoms with Crippen molar-refractivity contribution in [2.45, 2.75) is 11.7 Å². The molecule has 0 spiro atoms. The summed E-state index contributed by atoms with van der Waals surface area (Å²) in [6.07, 6.45) is 0. The molecule has 0 aliphatic rings. The normalized spacial score (nSPS) is 12.5. The molecule has 0 fully saturated rings. The number of aliphatic carboxylic acids is 1. The number of halogens is 1. The van der Waals surface area contributed by atoms with E-state index in [0.717, 1.165) is 4.46 Å². The zero-order chi connectivity index (χ0) is 9.84. The van der Waals surface area contributed by atoms with Crippen molar-refractivity contribution in [3.63, 3.8) is 0 Å². The summed E-state index contributed by atoms with van der Waals surface area (Å²) in [5, 5.41) is 9.37. The van der Waals surface area contributed by atoms with E-state index in [9.17, 15) is 4.79 Å². The van der Waals surface area contributed by atoms with Gasteiger partial charge in [-0.05, 0) is 0 Å². The van der Waals surface area contributed by atoms with E-state index in [1.54, 1.807) is 19.1 Å². The molecule has 13 heavy (non-hydrogen) atoms. The molecule has 0 amide bonds. The van der Waals surface area contributed by atoms with Gasteiger partial charge >= 0.3 is 87.9 Å². The molecule has 0 aliphatic heterocycles. The first-order valence-electron chi connectivity index (χ1n) is 3.74. The van der Waals surface area contributed by atoms with Crippen LogP contribution in [0.15, 0.2) is 24.3 Å². The summed E-state index contributed by atoms with van der Waals surface area (Å²) >= 11 is 5.68. The van der Waals surface area contributed by atoms with Gasteiger partial charge in [0.25, 0.3) is 0 Å². The van der Waals surface area contributed by atoms with Gasteiger partial charge in [-0.15, -0.1) is 0 Å². The predicted octanol–water partition coefficient (Wildman–Crippen LogP) is 1.56. The molecular weight excluding hydrogens is 255 g/mol. The fraction of sp³-hybridized carbons (Fsp3) is 0.222. The van der Waals surface area contributed by atoms with Crippen LogP contribution in [0.3, 0.4) is 0 Å². The van der Waals surface area contributed by atoms with Gasteiger partial charge in [-0.25, -0.2) is 0 Å². The van der Waals surface area contributed by atoms with Crippen LogP contribution in [0.25, 0.3) is 0 Å². The molecule has 1 rings (SSSR count). The van der Waals surface area contributed by atoms with Crippen molar-refractivity contribution >= 4 is 37.0 Å². The third-order valence-electron chi connectivity index (χ3n) is 1.47. The number of benzene rings is 1. The number of carboxylic acids is 1. The summed E-state index contributed by atoms with van der Waals surface area (Å²) in [6, 6.07) is 7.32. The zero-order valence-electron chi connectivity index (χ0n) is 7.03. The van der Waals surface area contributed by atoms with Gasteiger partial charge in [-0.2, -0.15) is 0 Å². The first kappa shape index (κ1) is 10.6. The SMILES string of the molecule is CC([Se]c1ccc(Cl)cc1)C(=O)O. The average molecular weight is 264 g/mol. The van der Waals surface area contributed by atoms with Crippen molar-refractivity contribution in [3.05, 3.63) is 29.3 Å². The van der Waals surface area contributed by atoms with Crippen LogP contribution in [0.4, 0.5) is 0 Å². The van der Waals surface area contributed by atoms with Crippen molar-refractivity contribution in [3.8, 4) is 0 Å². The Balaban J connectivity index is 2.64. The van der Waals surface area contributed by atoms with Gasteiger partial charge in [0.05, 0.1) is 0 Å². The van der Waals surface area contributed by atoms with Gasteiger partial charge in [0.2, 0.25) is 0 Å². The zero-order valence-corrected chi connectivity index (χ0v) is 9.50. The van der Waals surface area contributed by atoms with Gasteiger partial charge < -0.3 is 0 Å². The van der Waals surface area contributed by atoms with E-state index < -0.39 is 5.97 Å². The topological polar surface area (TPSA) is 37.3 Å². The Morgan fingerprint density at radius 3 is 2.46 bits per heavy atom. The van der Waals surface area contributed by atoms with Crippen LogP contribution in [-0.4, -0.2) is 26.0 Å². The molecule has 70 valence electrons. The average Bonchev–Trinajstić information content (AvgIpc) is 2.08. The van der Waals surface area contributed by atoms with Crippen molar-refractivity contribution in [1.29, 1.82) is 0 Å². The van der Waals surface area contributed by atoms with Crippen LogP contribution >= 0.6 is 11.6 Å². The Morgan fingerprint density at radius 1 is 1.46 bits per heavy atom. The number of hydrogen-bond acceptors (Lipinski definition) is 1. The minimum atomic E-state index is -0.741. The van der Waals surface area contributed by atoms with E-state index in [1.165, 1.54) is 0 Å². The minimum absolute atomic E-state index is 0.0174. The van der Waals surface area contributed by atoms with E-state index in [-0.39, 0.29) is 19.8 Å². The Bertz CT molecular complexity index is 297. The Labute approximate surface area is 88.1 Å². The van der Waals surface area contributed by atoms with E-state index in [2.05, 4.69) is 0 Å². The number of carboxylic acid groups (broad SMARTS) is 1. The second-order valence-corrected chi connectivity index (χ2v) is 5.96. The van der Waals surface area contributed by atoms with Crippen LogP contribution < -0.4 is 4.46 Å². The second kappa shape index (κ2) is 4.66. The molecule has 0 aliphatic carbocycles. The van der Waals surface area contributed by atoms with Crippen LogP contribution in [-0.2, 0) is 4.79 Å². The van der Waals surface area contributed by atoms with Crippen LogP contribution in [0.1, 0.15) is 6.92 Å². The molecule has 0 radical (unpaired) electrons. The van der Waals surface area contributed by atoms with Crippen molar-refractivity contribution in [2.24, 2.45) is 0 Å². The first-order valence-corrected chi connectivity index (χ1v) is 5.97. The molecule has 0 heterocycles. The van der Waals surface area contributed by atoms with E-state index >= 15 is 0 Å². The van der Waals surface area contributed by atoms with Gasteiger partial charge in [-0.1, -0.05) is 0 Å². The third-order valence-corrected chi connectivity index (χ3v) is 4.03. The molecule has 1 N–H and O–H groups in total. The summed E-state index contributed by atoms with van der Waals surface area (Å²) < 4.78 is 1.06. The monoisotopic (exact) mass is 264 g/mol. The van der Waals surface area contributed by atoms with Crippen molar-refractivity contribution in [2.75, 3.05) is 0 Å². The Morgan fingerprint density at radius 2 is 2.00 bits per heavy atom. The molecule has 1 aromatic carbocycles. The molecule has 0 saturated carbocycles. The number of hydrogen-bond donors (Lipinski definition) is 1. The van der Waals surface area contributed by atoms with Crippen LogP contribution in [0.2, 0.25) is 9.84 Å². The van der Waals surface area contributed by atoms with Crippen LogP contribution in [0.5, 0.6) is 0 Å². The molecule has 4 heteroatoms. The number of carbonyl (C=O) groups is 1. The van der Waals surface area contributed by atoms with Crippen molar-refractivity contribution in [1.82, 2.24) is 0 Å². The summed E-state index contributed by atoms with van der Waals surface area (Å²) in [6.45, 7) is 1.72. The van der Waals surface area contributed by atoms with Crippen LogP contribution in [0, 0.1) is 0 Å². The van der Waals surface area contributed by atoms with E-state index in [1.807, 2.05) is 12.1 Å². The number of rotatable bonds is 3. The second-order valence-electron chi connectivity index (χ2n) is 2.55. The molecule has 0 saturated heterocycles. The predicted molar refractivity (Wildman–Crippen MR) is 53.9 cm³/mol. The Kier molecular flexibility index (Phi) is 3.79. The van der Waals surface area contributed by atoms with Gasteiger partial charge in [0, 0.05) is 0 Å². The van der Waals surface area contributed by atoms with Gasteiger partial charge in [-0.3, -0.25) is 0 Å². The Hall–Kier alpha value is -0.501. The summed E-state index contributed by atoms with van der Waals surface area (Å²) in [5.41, 5.74) is 0. The molecule has 0 bridgehead atoms. The fourth-order valence-electron chi connectivity index (χ4n) is 0.768. The molecular formula is C9H9ClO2Se. The molecule has 1 aromatic rings. The quantitative estimate of drug-likeness (QED) is 0.841. The molecule has 1 unspecified atom stereocenters. The molecule has 0 aromatic heterocycles. The van der Waals surface area contributed by atoms with Gasteiger partial charge in [0.1, 0.15) is 0 Å². The summed E-state index contributed by atoms with van der Waals surface area (Å²) in [4.78, 5) is 10.3.